The molecule has 3 rings (SSSR count). The number of benzene rings is 1. The quantitative estimate of drug-likeness (QED) is 0.721. The Labute approximate surface area is 157 Å². The Bertz CT molecular complexity index is 984. The smallest absolute Gasteiger partial charge is 0.273 e. The molecule has 0 atom stereocenters. The lowest BCUT2D eigenvalue weighted by Crippen LogP contribution is -2.21. The Morgan fingerprint density at radius 3 is 2.37 bits per heavy atom. The van der Waals surface area contributed by atoms with Gasteiger partial charge in [-0.25, -0.2) is 0 Å². The highest BCUT2D eigenvalue weighted by atomic mass is 16.2. The molecule has 2 amide bonds. The van der Waals surface area contributed by atoms with E-state index in [1.807, 2.05) is 36.7 Å². The van der Waals surface area contributed by atoms with Gasteiger partial charge in [-0.05, 0) is 37.6 Å². The van der Waals surface area contributed by atoms with Crippen LogP contribution in [0.25, 0.3) is 0 Å². The zero-order chi connectivity index (χ0) is 19.6. The second-order valence-electron chi connectivity index (χ2n) is 6.38. The van der Waals surface area contributed by atoms with Crippen molar-refractivity contribution < 1.29 is 9.59 Å². The zero-order valence-electron chi connectivity index (χ0n) is 15.8. The Morgan fingerprint density at radius 2 is 1.78 bits per heavy atom. The van der Waals surface area contributed by atoms with E-state index in [9.17, 15) is 9.59 Å². The molecule has 0 unspecified atom stereocenters. The molecule has 2 aromatic heterocycles. The largest absolute Gasteiger partial charge is 0.354 e. The third-order valence-corrected chi connectivity index (χ3v) is 4.17. The SMILES string of the molecule is CNC(=O)c1nn(C)cc1NC(=O)c1ccc(Cn2nc(C)cc2C)cc1. The number of aryl methyl sites for hydroxylation is 3. The lowest BCUT2D eigenvalue weighted by Gasteiger charge is -2.07. The summed E-state index contributed by atoms with van der Waals surface area (Å²) in [6.45, 7) is 4.62. The van der Waals surface area contributed by atoms with Crippen molar-refractivity contribution in [3.05, 3.63) is 64.7 Å². The Kier molecular flexibility index (Phi) is 5.07. The van der Waals surface area contributed by atoms with Gasteiger partial charge in [-0.1, -0.05) is 12.1 Å². The van der Waals surface area contributed by atoms with E-state index in [4.69, 9.17) is 0 Å². The molecule has 0 radical (unpaired) electrons. The van der Waals surface area contributed by atoms with Crippen LogP contribution >= 0.6 is 0 Å². The predicted octanol–water partition coefficient (Wildman–Crippen LogP) is 1.89. The van der Waals surface area contributed by atoms with Crippen LogP contribution in [0.4, 0.5) is 5.69 Å². The molecule has 140 valence electrons. The van der Waals surface area contributed by atoms with E-state index >= 15 is 0 Å². The minimum atomic E-state index is -0.355. The Morgan fingerprint density at radius 1 is 1.07 bits per heavy atom. The van der Waals surface area contributed by atoms with Crippen LogP contribution in [0.5, 0.6) is 0 Å². The van der Waals surface area contributed by atoms with Gasteiger partial charge in [-0.2, -0.15) is 10.2 Å². The average molecular weight is 366 g/mol. The number of aromatic nitrogens is 4. The maximum atomic E-state index is 12.5. The van der Waals surface area contributed by atoms with Crippen molar-refractivity contribution in [3.63, 3.8) is 0 Å². The van der Waals surface area contributed by atoms with E-state index in [2.05, 4.69) is 20.8 Å². The zero-order valence-corrected chi connectivity index (χ0v) is 15.8. The molecule has 3 aromatic rings. The molecule has 2 N–H and O–H groups in total. The number of hydrogen-bond donors (Lipinski definition) is 2. The van der Waals surface area contributed by atoms with E-state index in [0.29, 0.717) is 17.8 Å². The number of rotatable bonds is 5. The van der Waals surface area contributed by atoms with Crippen LogP contribution in [0, 0.1) is 13.8 Å². The van der Waals surface area contributed by atoms with Crippen LogP contribution in [-0.4, -0.2) is 38.4 Å². The molecule has 0 bridgehead atoms. The molecule has 0 saturated carbocycles. The first-order chi connectivity index (χ1) is 12.9. The second kappa shape index (κ2) is 7.45. The van der Waals surface area contributed by atoms with Crippen molar-refractivity contribution >= 4 is 17.5 Å². The number of nitrogens with zero attached hydrogens (tertiary/aromatic N) is 4. The minimum Gasteiger partial charge on any atom is -0.354 e. The Balaban J connectivity index is 1.73. The molecule has 0 saturated heterocycles. The number of carbonyl (C=O) groups is 2. The third-order valence-electron chi connectivity index (χ3n) is 4.17. The first-order valence-electron chi connectivity index (χ1n) is 8.54. The van der Waals surface area contributed by atoms with Crippen molar-refractivity contribution in [2.45, 2.75) is 20.4 Å². The molecule has 0 spiro atoms. The summed E-state index contributed by atoms with van der Waals surface area (Å²) in [5.74, 6) is -0.656. The molecular formula is C19H22N6O2. The third kappa shape index (κ3) is 4.05. The van der Waals surface area contributed by atoms with Gasteiger partial charge in [0.2, 0.25) is 0 Å². The van der Waals surface area contributed by atoms with Gasteiger partial charge in [0.25, 0.3) is 11.8 Å². The highest BCUT2D eigenvalue weighted by Crippen LogP contribution is 2.15. The molecule has 2 heterocycles. The van der Waals surface area contributed by atoms with Gasteiger partial charge in [0.05, 0.1) is 17.9 Å². The normalized spacial score (nSPS) is 10.7. The molecule has 0 aliphatic rings. The van der Waals surface area contributed by atoms with Crippen LogP contribution in [0.2, 0.25) is 0 Å². The highest BCUT2D eigenvalue weighted by Gasteiger charge is 2.17. The van der Waals surface area contributed by atoms with Crippen molar-refractivity contribution in [3.8, 4) is 0 Å². The molecule has 8 heteroatoms. The topological polar surface area (TPSA) is 93.8 Å². The van der Waals surface area contributed by atoms with Gasteiger partial charge in [-0.3, -0.25) is 19.0 Å². The van der Waals surface area contributed by atoms with Gasteiger partial charge in [-0.15, -0.1) is 0 Å². The van der Waals surface area contributed by atoms with E-state index < -0.39 is 0 Å². The number of carbonyl (C=O) groups excluding carboxylic acids is 2. The van der Waals surface area contributed by atoms with Gasteiger partial charge < -0.3 is 10.6 Å². The monoisotopic (exact) mass is 366 g/mol. The molecule has 0 fully saturated rings. The van der Waals surface area contributed by atoms with Gasteiger partial charge in [0.1, 0.15) is 0 Å². The lowest BCUT2D eigenvalue weighted by atomic mass is 10.1. The van der Waals surface area contributed by atoms with E-state index in [1.165, 1.54) is 11.7 Å². The minimum absolute atomic E-state index is 0.175. The van der Waals surface area contributed by atoms with Crippen molar-refractivity contribution in [1.82, 2.24) is 24.9 Å². The van der Waals surface area contributed by atoms with Crippen LogP contribution in [0.15, 0.2) is 36.5 Å². The van der Waals surface area contributed by atoms with Gasteiger partial charge in [0, 0.05) is 31.5 Å². The van der Waals surface area contributed by atoms with Gasteiger partial charge in [0.15, 0.2) is 5.69 Å². The van der Waals surface area contributed by atoms with E-state index in [-0.39, 0.29) is 17.5 Å². The predicted molar refractivity (Wildman–Crippen MR) is 102 cm³/mol. The van der Waals surface area contributed by atoms with Gasteiger partial charge >= 0.3 is 0 Å². The molecular weight excluding hydrogens is 344 g/mol. The van der Waals surface area contributed by atoms with Crippen molar-refractivity contribution in [2.24, 2.45) is 7.05 Å². The Hall–Kier alpha value is -3.42. The standard InChI is InChI=1S/C19H22N6O2/c1-12-9-13(2)25(22-12)10-14-5-7-15(8-6-14)18(26)21-16-11-24(4)23-17(16)19(27)20-3/h5-9,11H,10H2,1-4H3,(H,20,27)(H,21,26). The number of amides is 2. The summed E-state index contributed by atoms with van der Waals surface area (Å²) in [6.07, 6.45) is 1.60. The summed E-state index contributed by atoms with van der Waals surface area (Å²) in [4.78, 5) is 24.4. The summed E-state index contributed by atoms with van der Waals surface area (Å²) in [5, 5.41) is 13.8. The fraction of sp³-hybridized carbons (Fsp3) is 0.263. The first-order valence-corrected chi connectivity index (χ1v) is 8.54. The van der Waals surface area contributed by atoms with Crippen molar-refractivity contribution in [1.29, 1.82) is 0 Å². The summed E-state index contributed by atoms with van der Waals surface area (Å²) in [5.41, 5.74) is 4.16. The number of hydrogen-bond acceptors (Lipinski definition) is 4. The molecule has 8 nitrogen and oxygen atoms in total. The van der Waals surface area contributed by atoms with E-state index in [0.717, 1.165) is 17.0 Å². The van der Waals surface area contributed by atoms with Crippen molar-refractivity contribution in [2.75, 3.05) is 12.4 Å². The molecule has 27 heavy (non-hydrogen) atoms. The first kappa shape index (κ1) is 18.4. The average Bonchev–Trinajstić information content (AvgIpc) is 3.16. The summed E-state index contributed by atoms with van der Waals surface area (Å²) in [7, 11) is 3.21. The lowest BCUT2D eigenvalue weighted by molar-refractivity contribution is 0.0958. The van der Waals surface area contributed by atoms with Crippen LogP contribution < -0.4 is 10.6 Å². The maximum absolute atomic E-state index is 12.5. The molecule has 0 aliphatic heterocycles. The fourth-order valence-electron chi connectivity index (χ4n) is 2.83. The second-order valence-corrected chi connectivity index (χ2v) is 6.38. The van der Waals surface area contributed by atoms with Crippen LogP contribution in [0.3, 0.4) is 0 Å². The highest BCUT2D eigenvalue weighted by molar-refractivity contribution is 6.08. The molecule has 0 aliphatic carbocycles. The summed E-state index contributed by atoms with van der Waals surface area (Å²) >= 11 is 0. The maximum Gasteiger partial charge on any atom is 0.273 e. The number of nitrogens with one attached hydrogen (secondary N) is 2. The van der Waals surface area contributed by atoms with Crippen LogP contribution in [-0.2, 0) is 13.6 Å². The fourth-order valence-corrected chi connectivity index (χ4v) is 2.83. The number of anilines is 1. The molecule has 1 aromatic carbocycles. The summed E-state index contributed by atoms with van der Waals surface area (Å²) < 4.78 is 3.41. The summed E-state index contributed by atoms with van der Waals surface area (Å²) in [6, 6.07) is 9.33. The van der Waals surface area contributed by atoms with Crippen LogP contribution in [0.1, 0.15) is 37.8 Å². The van der Waals surface area contributed by atoms with E-state index in [1.54, 1.807) is 25.4 Å².